The molecule has 1 unspecified atom stereocenters. The van der Waals surface area contributed by atoms with Crippen molar-refractivity contribution in [3.63, 3.8) is 0 Å². The number of amides is 1. The Hall–Kier alpha value is -0.570. The molecule has 2 aliphatic rings. The van der Waals surface area contributed by atoms with E-state index in [9.17, 15) is 4.79 Å². The molecule has 0 aromatic heterocycles. The highest BCUT2D eigenvalue weighted by atomic mass is 16.1. The van der Waals surface area contributed by atoms with Gasteiger partial charge in [-0.3, -0.25) is 4.79 Å². The molecule has 1 aliphatic heterocycles. The van der Waals surface area contributed by atoms with Gasteiger partial charge >= 0.3 is 0 Å². The van der Waals surface area contributed by atoms with Gasteiger partial charge < -0.3 is 10.6 Å². The van der Waals surface area contributed by atoms with E-state index in [0.29, 0.717) is 11.5 Å². The van der Waals surface area contributed by atoms with Crippen molar-refractivity contribution in [2.45, 2.75) is 58.4 Å². The molecule has 0 bridgehead atoms. The van der Waals surface area contributed by atoms with Gasteiger partial charge in [0.25, 0.3) is 0 Å². The minimum atomic E-state index is 0.172. The van der Waals surface area contributed by atoms with E-state index >= 15 is 0 Å². The molecule has 1 aliphatic carbocycles. The van der Waals surface area contributed by atoms with Crippen molar-refractivity contribution in [2.24, 2.45) is 11.3 Å². The SMILES string of the molecule is CCCC(C)C(=O)NC[C@]12CCC[C@H]1NCC2. The van der Waals surface area contributed by atoms with Crippen LogP contribution in [0.1, 0.15) is 52.4 Å². The number of fused-ring (bicyclic) bond motifs is 1. The zero-order valence-corrected chi connectivity index (χ0v) is 11.2. The normalized spacial score (nSPS) is 33.4. The lowest BCUT2D eigenvalue weighted by molar-refractivity contribution is -0.125. The number of hydrogen-bond acceptors (Lipinski definition) is 2. The van der Waals surface area contributed by atoms with Crippen LogP contribution in [0.2, 0.25) is 0 Å². The molecule has 3 heteroatoms. The molecule has 1 saturated carbocycles. The molecule has 3 nitrogen and oxygen atoms in total. The fourth-order valence-electron chi connectivity index (χ4n) is 3.55. The standard InChI is InChI=1S/C14H26N2O/c1-3-5-11(2)13(17)16-10-14-7-4-6-12(14)15-9-8-14/h11-12,15H,3-10H2,1-2H3,(H,16,17)/t11?,12-,14-/m1/s1. The monoisotopic (exact) mass is 238 g/mol. The third-order valence-corrected chi connectivity index (χ3v) is 4.70. The smallest absolute Gasteiger partial charge is 0.222 e. The second kappa shape index (κ2) is 5.38. The predicted molar refractivity (Wildman–Crippen MR) is 69.8 cm³/mol. The third-order valence-electron chi connectivity index (χ3n) is 4.70. The van der Waals surface area contributed by atoms with Crippen molar-refractivity contribution < 1.29 is 4.79 Å². The van der Waals surface area contributed by atoms with Crippen molar-refractivity contribution >= 4 is 5.91 Å². The van der Waals surface area contributed by atoms with Crippen LogP contribution in [0.25, 0.3) is 0 Å². The Morgan fingerprint density at radius 1 is 1.53 bits per heavy atom. The summed E-state index contributed by atoms with van der Waals surface area (Å²) in [5.74, 6) is 0.421. The summed E-state index contributed by atoms with van der Waals surface area (Å²) in [4.78, 5) is 11.9. The topological polar surface area (TPSA) is 41.1 Å². The van der Waals surface area contributed by atoms with Gasteiger partial charge in [-0.1, -0.05) is 26.7 Å². The molecule has 0 aromatic rings. The van der Waals surface area contributed by atoms with E-state index in [1.165, 1.54) is 25.7 Å². The Labute approximate surface area is 105 Å². The molecule has 1 saturated heterocycles. The Balaban J connectivity index is 1.83. The molecule has 98 valence electrons. The third kappa shape index (κ3) is 2.65. The van der Waals surface area contributed by atoms with Crippen LogP contribution in [0, 0.1) is 11.3 Å². The maximum atomic E-state index is 11.9. The first-order valence-corrected chi connectivity index (χ1v) is 7.19. The van der Waals surface area contributed by atoms with Gasteiger partial charge in [-0.25, -0.2) is 0 Å². The molecule has 0 spiro atoms. The lowest BCUT2D eigenvalue weighted by Crippen LogP contribution is -2.43. The first kappa shape index (κ1) is 12.9. The first-order chi connectivity index (χ1) is 8.18. The van der Waals surface area contributed by atoms with Crippen molar-refractivity contribution in [1.29, 1.82) is 0 Å². The van der Waals surface area contributed by atoms with Crippen LogP contribution >= 0.6 is 0 Å². The zero-order chi connectivity index (χ0) is 12.3. The van der Waals surface area contributed by atoms with Crippen LogP contribution in [0.15, 0.2) is 0 Å². The molecule has 1 heterocycles. The minimum absolute atomic E-state index is 0.172. The Kier molecular flexibility index (Phi) is 4.08. The fraction of sp³-hybridized carbons (Fsp3) is 0.929. The van der Waals surface area contributed by atoms with E-state index in [0.717, 1.165) is 25.9 Å². The van der Waals surface area contributed by atoms with Crippen LogP contribution in [-0.4, -0.2) is 25.0 Å². The molecule has 3 atom stereocenters. The van der Waals surface area contributed by atoms with E-state index in [4.69, 9.17) is 0 Å². The zero-order valence-electron chi connectivity index (χ0n) is 11.2. The number of rotatable bonds is 5. The van der Waals surface area contributed by atoms with Crippen LogP contribution in [0.4, 0.5) is 0 Å². The second-order valence-electron chi connectivity index (χ2n) is 5.92. The average molecular weight is 238 g/mol. The van der Waals surface area contributed by atoms with Crippen LogP contribution in [0.3, 0.4) is 0 Å². The highest BCUT2D eigenvalue weighted by molar-refractivity contribution is 5.78. The van der Waals surface area contributed by atoms with Crippen molar-refractivity contribution in [3.05, 3.63) is 0 Å². The molecule has 0 radical (unpaired) electrons. The lowest BCUT2D eigenvalue weighted by atomic mass is 9.82. The summed E-state index contributed by atoms with van der Waals surface area (Å²) in [7, 11) is 0. The maximum Gasteiger partial charge on any atom is 0.222 e. The number of carbonyl (C=O) groups is 1. The van der Waals surface area contributed by atoms with Gasteiger partial charge in [-0.2, -0.15) is 0 Å². The Morgan fingerprint density at radius 3 is 3.12 bits per heavy atom. The molecule has 0 aromatic carbocycles. The minimum Gasteiger partial charge on any atom is -0.355 e. The van der Waals surface area contributed by atoms with Crippen molar-refractivity contribution in [1.82, 2.24) is 10.6 Å². The van der Waals surface area contributed by atoms with Gasteiger partial charge in [0.15, 0.2) is 0 Å². The van der Waals surface area contributed by atoms with Crippen LogP contribution in [-0.2, 0) is 4.79 Å². The van der Waals surface area contributed by atoms with Gasteiger partial charge in [0.05, 0.1) is 0 Å². The largest absolute Gasteiger partial charge is 0.355 e. The summed E-state index contributed by atoms with van der Waals surface area (Å²) in [6.45, 7) is 6.19. The van der Waals surface area contributed by atoms with E-state index in [1.54, 1.807) is 0 Å². The summed E-state index contributed by atoms with van der Waals surface area (Å²) < 4.78 is 0. The average Bonchev–Trinajstić information content (AvgIpc) is 2.85. The van der Waals surface area contributed by atoms with E-state index < -0.39 is 0 Å². The molecule has 2 fully saturated rings. The summed E-state index contributed by atoms with van der Waals surface area (Å²) in [6.07, 6.45) is 7.22. The Bertz CT molecular complexity index is 267. The van der Waals surface area contributed by atoms with Crippen molar-refractivity contribution in [2.75, 3.05) is 13.1 Å². The summed E-state index contributed by atoms with van der Waals surface area (Å²) >= 11 is 0. The number of nitrogens with one attached hydrogen (secondary N) is 2. The lowest BCUT2D eigenvalue weighted by Gasteiger charge is -2.29. The quantitative estimate of drug-likeness (QED) is 0.770. The van der Waals surface area contributed by atoms with E-state index in [-0.39, 0.29) is 11.8 Å². The second-order valence-corrected chi connectivity index (χ2v) is 5.92. The number of hydrogen-bond donors (Lipinski definition) is 2. The van der Waals surface area contributed by atoms with E-state index in [1.807, 2.05) is 6.92 Å². The van der Waals surface area contributed by atoms with Gasteiger partial charge in [0.2, 0.25) is 5.91 Å². The fourth-order valence-corrected chi connectivity index (χ4v) is 3.55. The van der Waals surface area contributed by atoms with Crippen LogP contribution in [0.5, 0.6) is 0 Å². The Morgan fingerprint density at radius 2 is 2.35 bits per heavy atom. The van der Waals surface area contributed by atoms with Gasteiger partial charge in [0.1, 0.15) is 0 Å². The van der Waals surface area contributed by atoms with Gasteiger partial charge in [0, 0.05) is 23.9 Å². The maximum absolute atomic E-state index is 11.9. The summed E-state index contributed by atoms with van der Waals surface area (Å²) in [6, 6.07) is 0.657. The molecule has 2 rings (SSSR count). The molecular weight excluding hydrogens is 212 g/mol. The van der Waals surface area contributed by atoms with Gasteiger partial charge in [-0.05, 0) is 32.2 Å². The number of carbonyl (C=O) groups excluding carboxylic acids is 1. The molecular formula is C14H26N2O. The van der Waals surface area contributed by atoms with E-state index in [2.05, 4.69) is 17.6 Å². The van der Waals surface area contributed by atoms with Crippen molar-refractivity contribution in [3.8, 4) is 0 Å². The van der Waals surface area contributed by atoms with Crippen LogP contribution < -0.4 is 10.6 Å². The first-order valence-electron chi connectivity index (χ1n) is 7.19. The predicted octanol–water partition coefficient (Wildman–Crippen LogP) is 2.07. The highest BCUT2D eigenvalue weighted by Gasteiger charge is 2.46. The van der Waals surface area contributed by atoms with Gasteiger partial charge in [-0.15, -0.1) is 0 Å². The summed E-state index contributed by atoms with van der Waals surface area (Å²) in [5, 5.41) is 6.78. The molecule has 2 N–H and O–H groups in total. The molecule has 1 amide bonds. The highest BCUT2D eigenvalue weighted by Crippen LogP contribution is 2.43. The molecule has 17 heavy (non-hydrogen) atoms. The summed E-state index contributed by atoms with van der Waals surface area (Å²) in [5.41, 5.74) is 0.377.